The number of aromatic nitrogens is 3. The van der Waals surface area contributed by atoms with Crippen LogP contribution in [0.5, 0.6) is 0 Å². The molecule has 0 saturated carbocycles. The largest absolute Gasteiger partial charge is 0.339 e. The highest BCUT2D eigenvalue weighted by atomic mass is 16.2. The molecule has 2 aliphatic rings. The molecule has 0 aliphatic carbocycles. The van der Waals surface area contributed by atoms with E-state index in [1.807, 2.05) is 36.5 Å². The molecule has 2 aliphatic heterocycles. The van der Waals surface area contributed by atoms with Gasteiger partial charge in [-0.1, -0.05) is 35.5 Å². The summed E-state index contributed by atoms with van der Waals surface area (Å²) in [5.74, 6) is -0.717. The number of nitrogens with zero attached hydrogens (tertiary/aromatic N) is 5. The van der Waals surface area contributed by atoms with Crippen molar-refractivity contribution in [2.45, 2.75) is 25.3 Å². The van der Waals surface area contributed by atoms with Gasteiger partial charge in [-0.25, -0.2) is 4.68 Å². The molecule has 134 valence electrons. The molecule has 0 radical (unpaired) electrons. The number of carbonyl (C=O) groups is 3. The first-order valence-electron chi connectivity index (χ1n) is 8.70. The van der Waals surface area contributed by atoms with E-state index in [1.54, 1.807) is 9.58 Å². The zero-order valence-corrected chi connectivity index (χ0v) is 14.2. The summed E-state index contributed by atoms with van der Waals surface area (Å²) in [7, 11) is 0. The van der Waals surface area contributed by atoms with Gasteiger partial charge in [0, 0.05) is 31.5 Å². The Balaban J connectivity index is 1.39. The summed E-state index contributed by atoms with van der Waals surface area (Å²) in [6.07, 6.45) is 3.07. The SMILES string of the molecule is O=C(CN1C(=O)CCC1=O)N1CCC(n2cc(-c3ccccc3)nn2)C1. The molecule has 8 heteroatoms. The van der Waals surface area contributed by atoms with Crippen LogP contribution in [-0.2, 0) is 14.4 Å². The van der Waals surface area contributed by atoms with Crippen molar-refractivity contribution in [3.8, 4) is 11.3 Å². The molecule has 2 aromatic rings. The van der Waals surface area contributed by atoms with E-state index in [2.05, 4.69) is 10.3 Å². The molecule has 2 saturated heterocycles. The second kappa shape index (κ2) is 6.70. The van der Waals surface area contributed by atoms with Gasteiger partial charge in [0.15, 0.2) is 0 Å². The van der Waals surface area contributed by atoms with Crippen molar-refractivity contribution >= 4 is 17.7 Å². The topological polar surface area (TPSA) is 88.4 Å². The third-order valence-corrected chi connectivity index (χ3v) is 4.92. The van der Waals surface area contributed by atoms with Crippen LogP contribution in [0.1, 0.15) is 25.3 Å². The Kier molecular flexibility index (Phi) is 4.24. The van der Waals surface area contributed by atoms with Crippen molar-refractivity contribution in [2.24, 2.45) is 0 Å². The summed E-state index contributed by atoms with van der Waals surface area (Å²) in [4.78, 5) is 38.5. The van der Waals surface area contributed by atoms with Gasteiger partial charge < -0.3 is 4.90 Å². The number of carbonyl (C=O) groups excluding carboxylic acids is 3. The summed E-state index contributed by atoms with van der Waals surface area (Å²) >= 11 is 0. The Bertz CT molecular complexity index is 832. The Morgan fingerprint density at radius 1 is 1.12 bits per heavy atom. The lowest BCUT2D eigenvalue weighted by atomic mass is 10.2. The van der Waals surface area contributed by atoms with Crippen molar-refractivity contribution in [1.82, 2.24) is 24.8 Å². The smallest absolute Gasteiger partial charge is 0.242 e. The first kappa shape index (κ1) is 16.4. The first-order valence-corrected chi connectivity index (χ1v) is 8.70. The predicted molar refractivity (Wildman–Crippen MR) is 91.6 cm³/mol. The summed E-state index contributed by atoms with van der Waals surface area (Å²) in [5.41, 5.74) is 1.79. The van der Waals surface area contributed by atoms with Gasteiger partial charge in [0.25, 0.3) is 0 Å². The number of rotatable bonds is 4. The average Bonchev–Trinajstić information content (AvgIpc) is 3.38. The van der Waals surface area contributed by atoms with Crippen molar-refractivity contribution in [2.75, 3.05) is 19.6 Å². The van der Waals surface area contributed by atoms with Gasteiger partial charge in [-0.2, -0.15) is 0 Å². The molecule has 0 N–H and O–H groups in total. The van der Waals surface area contributed by atoms with E-state index in [4.69, 9.17) is 0 Å². The molecule has 3 amide bonds. The highest BCUT2D eigenvalue weighted by Crippen LogP contribution is 2.24. The summed E-state index contributed by atoms with van der Waals surface area (Å²) < 4.78 is 1.79. The average molecular weight is 353 g/mol. The molecule has 8 nitrogen and oxygen atoms in total. The van der Waals surface area contributed by atoms with E-state index in [0.29, 0.717) is 13.1 Å². The number of benzene rings is 1. The minimum absolute atomic E-state index is 0.0499. The summed E-state index contributed by atoms with van der Waals surface area (Å²) in [6.45, 7) is 0.934. The lowest BCUT2D eigenvalue weighted by Gasteiger charge is -2.20. The van der Waals surface area contributed by atoms with Crippen molar-refractivity contribution in [3.63, 3.8) is 0 Å². The van der Waals surface area contributed by atoms with Gasteiger partial charge in [0.1, 0.15) is 12.2 Å². The molecule has 2 fully saturated rings. The van der Waals surface area contributed by atoms with Crippen molar-refractivity contribution in [3.05, 3.63) is 36.5 Å². The lowest BCUT2D eigenvalue weighted by molar-refractivity contribution is -0.145. The molecule has 0 spiro atoms. The zero-order chi connectivity index (χ0) is 18.1. The molecule has 1 aromatic heterocycles. The van der Waals surface area contributed by atoms with Crippen LogP contribution in [0.25, 0.3) is 11.3 Å². The van der Waals surface area contributed by atoms with E-state index in [1.165, 1.54) is 0 Å². The van der Waals surface area contributed by atoms with Crippen LogP contribution >= 0.6 is 0 Å². The lowest BCUT2D eigenvalue weighted by Crippen LogP contribution is -2.41. The minimum Gasteiger partial charge on any atom is -0.339 e. The van der Waals surface area contributed by atoms with Gasteiger partial charge in [-0.15, -0.1) is 5.10 Å². The number of likely N-dealkylation sites (tertiary alicyclic amines) is 2. The Hall–Kier alpha value is -3.03. The van der Waals surface area contributed by atoms with Crippen molar-refractivity contribution < 1.29 is 14.4 Å². The van der Waals surface area contributed by atoms with Crippen LogP contribution in [0.3, 0.4) is 0 Å². The van der Waals surface area contributed by atoms with Gasteiger partial charge in [0.2, 0.25) is 17.7 Å². The highest BCUT2D eigenvalue weighted by Gasteiger charge is 2.34. The molecule has 3 heterocycles. The third-order valence-electron chi connectivity index (χ3n) is 4.92. The maximum absolute atomic E-state index is 12.4. The fraction of sp³-hybridized carbons (Fsp3) is 0.389. The molecular formula is C18H19N5O3. The maximum atomic E-state index is 12.4. The van der Waals surface area contributed by atoms with Gasteiger partial charge in [0.05, 0.1) is 12.2 Å². The second-order valence-corrected chi connectivity index (χ2v) is 6.61. The number of amides is 3. The number of hydrogen-bond acceptors (Lipinski definition) is 5. The van der Waals surface area contributed by atoms with Crippen LogP contribution in [0.2, 0.25) is 0 Å². The summed E-state index contributed by atoms with van der Waals surface area (Å²) in [6, 6.07) is 9.85. The number of hydrogen-bond donors (Lipinski definition) is 0. The van der Waals surface area contributed by atoms with Gasteiger partial charge >= 0.3 is 0 Å². The van der Waals surface area contributed by atoms with Gasteiger partial charge in [-0.3, -0.25) is 19.3 Å². The fourth-order valence-corrected chi connectivity index (χ4v) is 3.42. The van der Waals surface area contributed by atoms with E-state index >= 15 is 0 Å². The van der Waals surface area contributed by atoms with Crippen molar-refractivity contribution in [1.29, 1.82) is 0 Å². The Labute approximate surface area is 150 Å². The molecule has 26 heavy (non-hydrogen) atoms. The standard InChI is InChI=1S/C18H19N5O3/c24-16-6-7-17(25)22(16)12-18(26)21-9-8-14(10-21)23-11-15(19-20-23)13-4-2-1-3-5-13/h1-5,11,14H,6-10,12H2. The monoisotopic (exact) mass is 353 g/mol. The van der Waals surface area contributed by atoms with Crippen LogP contribution < -0.4 is 0 Å². The van der Waals surface area contributed by atoms with E-state index in [0.717, 1.165) is 22.6 Å². The van der Waals surface area contributed by atoms with Crippen LogP contribution in [0.4, 0.5) is 0 Å². The van der Waals surface area contributed by atoms with E-state index in [-0.39, 0.29) is 43.1 Å². The van der Waals surface area contributed by atoms with E-state index < -0.39 is 0 Å². The van der Waals surface area contributed by atoms with Crippen LogP contribution in [0.15, 0.2) is 36.5 Å². The molecule has 1 unspecified atom stereocenters. The zero-order valence-electron chi connectivity index (χ0n) is 14.2. The van der Waals surface area contributed by atoms with E-state index in [9.17, 15) is 14.4 Å². The highest BCUT2D eigenvalue weighted by molar-refractivity contribution is 6.04. The van der Waals surface area contributed by atoms with Crippen LogP contribution in [0, 0.1) is 0 Å². The molecular weight excluding hydrogens is 334 g/mol. The Morgan fingerprint density at radius 3 is 2.58 bits per heavy atom. The fourth-order valence-electron chi connectivity index (χ4n) is 3.42. The molecule has 1 atom stereocenters. The Morgan fingerprint density at radius 2 is 1.85 bits per heavy atom. The molecule has 1 aromatic carbocycles. The predicted octanol–water partition coefficient (Wildman–Crippen LogP) is 0.867. The molecule has 4 rings (SSSR count). The normalized spacial score (nSPS) is 20.2. The van der Waals surface area contributed by atoms with Gasteiger partial charge in [-0.05, 0) is 6.42 Å². The molecule has 0 bridgehead atoms. The number of imide groups is 1. The summed E-state index contributed by atoms with van der Waals surface area (Å²) in [5, 5.41) is 8.42. The minimum atomic E-state index is -0.261. The maximum Gasteiger partial charge on any atom is 0.242 e. The second-order valence-electron chi connectivity index (χ2n) is 6.61. The quantitative estimate of drug-likeness (QED) is 0.761. The third kappa shape index (κ3) is 3.10. The van der Waals surface area contributed by atoms with Crippen LogP contribution in [-0.4, -0.2) is 62.1 Å². The first-order chi connectivity index (χ1) is 12.6.